The fourth-order valence-corrected chi connectivity index (χ4v) is 3.32. The molecular weight excluding hydrogens is 327 g/mol. The molecule has 0 saturated heterocycles. The predicted molar refractivity (Wildman–Crippen MR) is 98.6 cm³/mol. The molecule has 26 heavy (non-hydrogen) atoms. The first kappa shape index (κ1) is 16.2. The zero-order chi connectivity index (χ0) is 18.1. The summed E-state index contributed by atoms with van der Waals surface area (Å²) < 4.78 is 19.0. The maximum absolute atomic E-state index is 13.2. The van der Waals surface area contributed by atoms with E-state index in [0.29, 0.717) is 5.56 Å². The van der Waals surface area contributed by atoms with Crippen molar-refractivity contribution >= 4 is 12.2 Å². The Bertz CT molecular complexity index is 1050. The molecule has 1 aliphatic carbocycles. The van der Waals surface area contributed by atoms with E-state index in [1.165, 1.54) is 12.1 Å². The highest BCUT2D eigenvalue weighted by Gasteiger charge is 2.24. The highest BCUT2D eigenvalue weighted by molar-refractivity contribution is 5.78. The maximum Gasteiger partial charge on any atom is 0.123 e. The first-order valence-electron chi connectivity index (χ1n) is 8.21. The SMILES string of the molecule is COC1c2cc(-c3ccc(F)cc3)cnc2C=Cc2c(C#N)cccc21. The van der Waals surface area contributed by atoms with E-state index in [-0.39, 0.29) is 11.9 Å². The van der Waals surface area contributed by atoms with Crippen molar-refractivity contribution < 1.29 is 9.13 Å². The Morgan fingerprint density at radius 1 is 1.04 bits per heavy atom. The Morgan fingerprint density at radius 2 is 1.85 bits per heavy atom. The van der Waals surface area contributed by atoms with Crippen LogP contribution in [0.2, 0.25) is 0 Å². The second-order valence-corrected chi connectivity index (χ2v) is 6.07. The van der Waals surface area contributed by atoms with E-state index in [2.05, 4.69) is 11.1 Å². The summed E-state index contributed by atoms with van der Waals surface area (Å²) in [6.45, 7) is 0. The van der Waals surface area contributed by atoms with Crippen molar-refractivity contribution in [2.75, 3.05) is 7.11 Å². The van der Waals surface area contributed by atoms with Crippen LogP contribution < -0.4 is 0 Å². The lowest BCUT2D eigenvalue weighted by Gasteiger charge is -2.19. The summed E-state index contributed by atoms with van der Waals surface area (Å²) in [6.07, 6.45) is 5.25. The quantitative estimate of drug-likeness (QED) is 0.660. The minimum atomic E-state index is -0.337. The summed E-state index contributed by atoms with van der Waals surface area (Å²) >= 11 is 0. The van der Waals surface area contributed by atoms with E-state index in [1.54, 1.807) is 31.5 Å². The second-order valence-electron chi connectivity index (χ2n) is 6.07. The molecule has 0 bridgehead atoms. The van der Waals surface area contributed by atoms with Crippen LogP contribution in [0.1, 0.15) is 34.1 Å². The zero-order valence-corrected chi connectivity index (χ0v) is 14.1. The predicted octanol–water partition coefficient (Wildman–Crippen LogP) is 4.98. The van der Waals surface area contributed by atoms with Crippen LogP contribution in [0.4, 0.5) is 4.39 Å². The van der Waals surface area contributed by atoms with Crippen LogP contribution in [0.15, 0.2) is 54.7 Å². The van der Waals surface area contributed by atoms with Crippen molar-refractivity contribution in [3.05, 3.63) is 88.5 Å². The van der Waals surface area contributed by atoms with Gasteiger partial charge in [0.2, 0.25) is 0 Å². The van der Waals surface area contributed by atoms with Gasteiger partial charge in [0, 0.05) is 24.4 Å². The maximum atomic E-state index is 13.2. The largest absolute Gasteiger partial charge is 0.372 e. The minimum Gasteiger partial charge on any atom is -0.372 e. The first-order valence-corrected chi connectivity index (χ1v) is 8.21. The van der Waals surface area contributed by atoms with Crippen LogP contribution in [0, 0.1) is 17.1 Å². The summed E-state index contributed by atoms with van der Waals surface area (Å²) in [6, 6.07) is 16.2. The van der Waals surface area contributed by atoms with Gasteiger partial charge in [-0.2, -0.15) is 5.26 Å². The molecule has 1 aliphatic rings. The number of ether oxygens (including phenoxy) is 1. The lowest BCUT2D eigenvalue weighted by Crippen LogP contribution is -2.08. The number of nitrogens with zero attached hydrogens (tertiary/aromatic N) is 2. The van der Waals surface area contributed by atoms with Crippen LogP contribution in [-0.2, 0) is 4.74 Å². The van der Waals surface area contributed by atoms with Gasteiger partial charge < -0.3 is 4.74 Å². The average Bonchev–Trinajstić information content (AvgIpc) is 2.84. The molecule has 4 heteroatoms. The van der Waals surface area contributed by atoms with Crippen LogP contribution in [0.3, 0.4) is 0 Å². The van der Waals surface area contributed by atoms with Gasteiger partial charge in [-0.1, -0.05) is 30.3 Å². The van der Waals surface area contributed by atoms with E-state index < -0.39 is 0 Å². The number of benzene rings is 2. The number of nitriles is 1. The molecule has 1 unspecified atom stereocenters. The lowest BCUT2D eigenvalue weighted by molar-refractivity contribution is 0.136. The van der Waals surface area contributed by atoms with E-state index in [4.69, 9.17) is 4.74 Å². The third kappa shape index (κ3) is 2.69. The standard InChI is InChI=1S/C22H15FN2O/c1-26-22-19-4-2-3-15(12-24)18(19)9-10-21-20(22)11-16(13-25-21)14-5-7-17(23)8-6-14/h2-11,13,22H,1H3. The molecular formula is C22H15FN2O. The van der Waals surface area contributed by atoms with E-state index >= 15 is 0 Å². The number of methoxy groups -OCH3 is 1. The molecule has 0 saturated carbocycles. The molecule has 0 aliphatic heterocycles. The Hall–Kier alpha value is -3.29. The topological polar surface area (TPSA) is 45.9 Å². The molecule has 2 aromatic carbocycles. The first-order chi connectivity index (χ1) is 12.7. The molecule has 4 rings (SSSR count). The number of hydrogen-bond acceptors (Lipinski definition) is 3. The smallest absolute Gasteiger partial charge is 0.123 e. The second kappa shape index (κ2) is 6.55. The van der Waals surface area contributed by atoms with Crippen molar-refractivity contribution in [2.24, 2.45) is 0 Å². The van der Waals surface area contributed by atoms with Gasteiger partial charge in [0.15, 0.2) is 0 Å². The zero-order valence-electron chi connectivity index (χ0n) is 14.1. The van der Waals surface area contributed by atoms with E-state index in [1.807, 2.05) is 30.4 Å². The molecule has 1 aromatic heterocycles. The van der Waals surface area contributed by atoms with Gasteiger partial charge in [0.25, 0.3) is 0 Å². The van der Waals surface area contributed by atoms with E-state index in [9.17, 15) is 9.65 Å². The Balaban J connectivity index is 1.89. The molecule has 0 amide bonds. The van der Waals surface area contributed by atoms with Crippen LogP contribution in [-0.4, -0.2) is 12.1 Å². The van der Waals surface area contributed by atoms with Gasteiger partial charge in [-0.15, -0.1) is 0 Å². The summed E-state index contributed by atoms with van der Waals surface area (Å²) in [5, 5.41) is 9.41. The number of aromatic nitrogens is 1. The van der Waals surface area contributed by atoms with Gasteiger partial charge in [-0.05, 0) is 47.0 Å². The lowest BCUT2D eigenvalue weighted by atomic mass is 9.94. The van der Waals surface area contributed by atoms with Gasteiger partial charge in [-0.3, -0.25) is 4.98 Å². The minimum absolute atomic E-state index is 0.271. The van der Waals surface area contributed by atoms with Gasteiger partial charge >= 0.3 is 0 Å². The normalized spacial score (nSPS) is 14.9. The van der Waals surface area contributed by atoms with Crippen molar-refractivity contribution in [3.63, 3.8) is 0 Å². The Morgan fingerprint density at radius 3 is 2.58 bits per heavy atom. The number of pyridine rings is 1. The fourth-order valence-electron chi connectivity index (χ4n) is 3.32. The third-order valence-corrected chi connectivity index (χ3v) is 4.60. The summed E-state index contributed by atoms with van der Waals surface area (Å²) in [5.74, 6) is -0.271. The number of halogens is 1. The Kier molecular flexibility index (Phi) is 4.08. The molecule has 0 radical (unpaired) electrons. The molecule has 0 fully saturated rings. The monoisotopic (exact) mass is 342 g/mol. The summed E-state index contributed by atoms with van der Waals surface area (Å²) in [4.78, 5) is 4.57. The molecule has 3 aromatic rings. The highest BCUT2D eigenvalue weighted by atomic mass is 19.1. The summed E-state index contributed by atoms with van der Waals surface area (Å²) in [7, 11) is 1.65. The highest BCUT2D eigenvalue weighted by Crippen LogP contribution is 2.37. The van der Waals surface area contributed by atoms with E-state index in [0.717, 1.165) is 33.5 Å². The summed E-state index contributed by atoms with van der Waals surface area (Å²) in [5.41, 5.74) is 5.87. The number of hydrogen-bond donors (Lipinski definition) is 0. The third-order valence-electron chi connectivity index (χ3n) is 4.60. The fraction of sp³-hybridized carbons (Fsp3) is 0.0909. The molecule has 0 N–H and O–H groups in total. The van der Waals surface area contributed by atoms with Gasteiger partial charge in [-0.25, -0.2) is 4.39 Å². The Labute approximate surface area is 151 Å². The molecule has 1 atom stereocenters. The average molecular weight is 342 g/mol. The van der Waals surface area contributed by atoms with Crippen molar-refractivity contribution in [3.8, 4) is 17.2 Å². The molecule has 3 nitrogen and oxygen atoms in total. The molecule has 0 spiro atoms. The van der Waals surface area contributed by atoms with Crippen molar-refractivity contribution in [2.45, 2.75) is 6.10 Å². The number of rotatable bonds is 2. The van der Waals surface area contributed by atoms with Crippen LogP contribution in [0.25, 0.3) is 23.3 Å². The van der Waals surface area contributed by atoms with Crippen LogP contribution in [0.5, 0.6) is 0 Å². The van der Waals surface area contributed by atoms with Crippen molar-refractivity contribution in [1.82, 2.24) is 4.98 Å². The number of fused-ring (bicyclic) bond motifs is 2. The van der Waals surface area contributed by atoms with Gasteiger partial charge in [0.05, 0.1) is 17.3 Å². The molecule has 1 heterocycles. The van der Waals surface area contributed by atoms with Crippen molar-refractivity contribution in [1.29, 1.82) is 5.26 Å². The van der Waals surface area contributed by atoms with Crippen LogP contribution >= 0.6 is 0 Å². The van der Waals surface area contributed by atoms with Gasteiger partial charge in [0.1, 0.15) is 11.9 Å². The molecule has 126 valence electrons.